The van der Waals surface area contributed by atoms with Crippen molar-refractivity contribution in [1.82, 2.24) is 4.90 Å². The summed E-state index contributed by atoms with van der Waals surface area (Å²) in [6.45, 7) is 0. The molecule has 19 heavy (non-hydrogen) atoms. The topological polar surface area (TPSA) is 20.3 Å². The molecule has 0 aromatic heterocycles. The lowest BCUT2D eigenvalue weighted by Gasteiger charge is -2.22. The van der Waals surface area contributed by atoms with Crippen LogP contribution >= 0.6 is 0 Å². The van der Waals surface area contributed by atoms with E-state index in [1.54, 1.807) is 0 Å². The highest BCUT2D eigenvalue weighted by atomic mass is 16.2. The Balaban J connectivity index is 1.75. The van der Waals surface area contributed by atoms with Crippen molar-refractivity contribution < 1.29 is 4.79 Å². The highest BCUT2D eigenvalue weighted by Crippen LogP contribution is 2.53. The predicted molar refractivity (Wildman–Crippen MR) is 73.8 cm³/mol. The van der Waals surface area contributed by atoms with Crippen molar-refractivity contribution in [3.05, 3.63) is 71.3 Å². The number of nitrogens with zero attached hydrogens (tertiary/aromatic N) is 1. The lowest BCUT2D eigenvalue weighted by molar-refractivity contribution is 0.0697. The Morgan fingerprint density at radius 1 is 0.842 bits per heavy atom. The van der Waals surface area contributed by atoms with Gasteiger partial charge in [-0.25, -0.2) is 0 Å². The summed E-state index contributed by atoms with van der Waals surface area (Å²) < 4.78 is 0. The third-order valence-corrected chi connectivity index (χ3v) is 4.35. The Morgan fingerprint density at radius 3 is 1.95 bits per heavy atom. The van der Waals surface area contributed by atoms with Gasteiger partial charge in [-0.15, -0.1) is 0 Å². The second-order valence-electron chi connectivity index (χ2n) is 5.32. The molecule has 0 N–H and O–H groups in total. The van der Waals surface area contributed by atoms with E-state index in [1.807, 2.05) is 30.3 Å². The highest BCUT2D eigenvalue weighted by Gasteiger charge is 2.46. The highest BCUT2D eigenvalue weighted by molar-refractivity contribution is 5.95. The summed E-state index contributed by atoms with van der Waals surface area (Å²) in [5.41, 5.74) is 3.50. The molecule has 0 radical (unpaired) electrons. The molecule has 2 atom stereocenters. The van der Waals surface area contributed by atoms with E-state index in [2.05, 4.69) is 29.2 Å². The van der Waals surface area contributed by atoms with Gasteiger partial charge in [-0.2, -0.15) is 0 Å². The van der Waals surface area contributed by atoms with Crippen LogP contribution in [0.25, 0.3) is 0 Å². The van der Waals surface area contributed by atoms with Crippen LogP contribution in [0.15, 0.2) is 54.6 Å². The second-order valence-corrected chi connectivity index (χ2v) is 5.32. The fraction of sp³-hybridized carbons (Fsp3) is 0.235. The summed E-state index contributed by atoms with van der Waals surface area (Å²) >= 11 is 0. The largest absolute Gasteiger partial charge is 0.325 e. The number of hydrogen-bond acceptors (Lipinski definition) is 1. The minimum Gasteiger partial charge on any atom is -0.325 e. The molecule has 2 aliphatic heterocycles. The summed E-state index contributed by atoms with van der Waals surface area (Å²) in [6.07, 6.45) is 2.19. The summed E-state index contributed by atoms with van der Waals surface area (Å²) in [7, 11) is 0. The number of rotatable bonds is 1. The molecular formula is C17H15NO. The first-order chi connectivity index (χ1) is 9.36. The van der Waals surface area contributed by atoms with Crippen LogP contribution in [0, 0.1) is 0 Å². The van der Waals surface area contributed by atoms with Gasteiger partial charge in [-0.05, 0) is 36.1 Å². The third-order valence-electron chi connectivity index (χ3n) is 4.35. The van der Waals surface area contributed by atoms with Crippen LogP contribution < -0.4 is 0 Å². The molecule has 4 rings (SSSR count). The fourth-order valence-corrected chi connectivity index (χ4v) is 3.55. The van der Waals surface area contributed by atoms with Gasteiger partial charge in [0.15, 0.2) is 0 Å². The third kappa shape index (κ3) is 1.46. The fourth-order valence-electron chi connectivity index (χ4n) is 3.55. The van der Waals surface area contributed by atoms with Crippen LogP contribution in [0.2, 0.25) is 0 Å². The Labute approximate surface area is 112 Å². The molecule has 2 heteroatoms. The summed E-state index contributed by atoms with van der Waals surface area (Å²) in [6, 6.07) is 18.7. The van der Waals surface area contributed by atoms with Crippen molar-refractivity contribution in [1.29, 1.82) is 0 Å². The van der Waals surface area contributed by atoms with Crippen molar-refractivity contribution in [3.63, 3.8) is 0 Å². The molecule has 2 heterocycles. The van der Waals surface area contributed by atoms with Gasteiger partial charge in [0.2, 0.25) is 0 Å². The molecule has 2 bridgehead atoms. The Hall–Kier alpha value is -2.09. The maximum atomic E-state index is 12.7. The molecular weight excluding hydrogens is 234 g/mol. The van der Waals surface area contributed by atoms with Crippen LogP contribution in [0.5, 0.6) is 0 Å². The van der Waals surface area contributed by atoms with Crippen molar-refractivity contribution >= 4 is 5.91 Å². The molecule has 2 aromatic carbocycles. The molecule has 2 unspecified atom stereocenters. The summed E-state index contributed by atoms with van der Waals surface area (Å²) in [5.74, 6) is 0.171. The van der Waals surface area contributed by atoms with Gasteiger partial charge < -0.3 is 4.90 Å². The van der Waals surface area contributed by atoms with Crippen LogP contribution in [0.4, 0.5) is 0 Å². The number of fused-ring (bicyclic) bond motifs is 5. The number of amides is 1. The zero-order chi connectivity index (χ0) is 12.8. The first-order valence-corrected chi connectivity index (χ1v) is 6.83. The van der Waals surface area contributed by atoms with Crippen LogP contribution in [0.1, 0.15) is 46.4 Å². The Morgan fingerprint density at radius 2 is 1.37 bits per heavy atom. The normalized spacial score (nSPS) is 23.5. The van der Waals surface area contributed by atoms with E-state index in [-0.39, 0.29) is 18.0 Å². The standard InChI is InChI=1S/C17H15NO/c19-17(12-6-2-1-3-7-12)18-15-10-11-16(18)14-9-5-4-8-13(14)15/h1-9,15-16H,10-11H2. The van der Waals surface area contributed by atoms with Gasteiger partial charge in [0.25, 0.3) is 5.91 Å². The van der Waals surface area contributed by atoms with Gasteiger partial charge in [-0.3, -0.25) is 4.79 Å². The maximum Gasteiger partial charge on any atom is 0.254 e. The minimum absolute atomic E-state index is 0.171. The van der Waals surface area contributed by atoms with E-state index in [0.717, 1.165) is 18.4 Å². The van der Waals surface area contributed by atoms with Gasteiger partial charge >= 0.3 is 0 Å². The molecule has 2 aliphatic rings. The van der Waals surface area contributed by atoms with Crippen molar-refractivity contribution in [2.24, 2.45) is 0 Å². The average molecular weight is 249 g/mol. The van der Waals surface area contributed by atoms with Crippen molar-refractivity contribution in [2.75, 3.05) is 0 Å². The summed E-state index contributed by atoms with van der Waals surface area (Å²) in [4.78, 5) is 14.8. The Kier molecular flexibility index (Phi) is 2.25. The van der Waals surface area contributed by atoms with Gasteiger partial charge in [0.1, 0.15) is 0 Å². The summed E-state index contributed by atoms with van der Waals surface area (Å²) in [5, 5.41) is 0. The second kappa shape index (κ2) is 3.95. The van der Waals surface area contributed by atoms with E-state index in [4.69, 9.17) is 0 Å². The molecule has 0 spiro atoms. The number of carbonyl (C=O) groups is 1. The molecule has 2 nitrogen and oxygen atoms in total. The van der Waals surface area contributed by atoms with Gasteiger partial charge in [-0.1, -0.05) is 42.5 Å². The zero-order valence-corrected chi connectivity index (χ0v) is 10.6. The Bertz CT molecular complexity index is 604. The van der Waals surface area contributed by atoms with Gasteiger partial charge in [0, 0.05) is 5.56 Å². The van der Waals surface area contributed by atoms with Crippen molar-refractivity contribution in [2.45, 2.75) is 24.9 Å². The maximum absolute atomic E-state index is 12.7. The molecule has 1 fully saturated rings. The lowest BCUT2D eigenvalue weighted by Crippen LogP contribution is -2.27. The molecule has 0 aliphatic carbocycles. The van der Waals surface area contributed by atoms with E-state index in [9.17, 15) is 4.79 Å². The van der Waals surface area contributed by atoms with E-state index >= 15 is 0 Å². The number of hydrogen-bond donors (Lipinski definition) is 0. The van der Waals surface area contributed by atoms with Crippen LogP contribution in [0.3, 0.4) is 0 Å². The SMILES string of the molecule is O=C(c1ccccc1)N1C2CCC1c1ccccc12. The molecule has 0 saturated carbocycles. The van der Waals surface area contributed by atoms with Crippen molar-refractivity contribution in [3.8, 4) is 0 Å². The number of carbonyl (C=O) groups excluding carboxylic acids is 1. The smallest absolute Gasteiger partial charge is 0.254 e. The molecule has 1 amide bonds. The zero-order valence-electron chi connectivity index (χ0n) is 10.6. The van der Waals surface area contributed by atoms with E-state index in [1.165, 1.54) is 11.1 Å². The van der Waals surface area contributed by atoms with Gasteiger partial charge in [0.05, 0.1) is 12.1 Å². The monoisotopic (exact) mass is 249 g/mol. The lowest BCUT2D eigenvalue weighted by atomic mass is 9.92. The first kappa shape index (κ1) is 10.8. The first-order valence-electron chi connectivity index (χ1n) is 6.83. The van der Waals surface area contributed by atoms with E-state index < -0.39 is 0 Å². The quantitative estimate of drug-likeness (QED) is 0.754. The molecule has 1 saturated heterocycles. The molecule has 2 aromatic rings. The van der Waals surface area contributed by atoms with Crippen LogP contribution in [-0.2, 0) is 0 Å². The predicted octanol–water partition coefficient (Wildman–Crippen LogP) is 3.72. The van der Waals surface area contributed by atoms with Crippen LogP contribution in [-0.4, -0.2) is 10.8 Å². The minimum atomic E-state index is 0.171. The van der Waals surface area contributed by atoms with E-state index in [0.29, 0.717) is 0 Å². The molecule has 94 valence electrons. The number of benzene rings is 2. The average Bonchev–Trinajstić information content (AvgIpc) is 3.04.